The van der Waals surface area contributed by atoms with Gasteiger partial charge in [0.1, 0.15) is 6.26 Å². The van der Waals surface area contributed by atoms with E-state index in [4.69, 9.17) is 8.94 Å². The molecule has 0 aromatic carbocycles. The minimum absolute atomic E-state index is 0.244. The van der Waals surface area contributed by atoms with Crippen LogP contribution in [0.3, 0.4) is 0 Å². The van der Waals surface area contributed by atoms with Crippen LogP contribution < -0.4 is 0 Å². The molecule has 1 aliphatic heterocycles. The fourth-order valence-electron chi connectivity index (χ4n) is 3.29. The Morgan fingerprint density at radius 2 is 2.21 bits per heavy atom. The van der Waals surface area contributed by atoms with E-state index in [0.29, 0.717) is 24.2 Å². The number of likely N-dealkylation sites (tertiary alicyclic amines) is 1. The van der Waals surface area contributed by atoms with Crippen molar-refractivity contribution < 1.29 is 14.0 Å². The molecule has 1 saturated heterocycles. The SMILES string of the molecule is CC(O)CN1CCC(CN(C)Cc2nc(-c3ccoc3)no2)CC1. The van der Waals surface area contributed by atoms with Crippen LogP contribution in [0.2, 0.25) is 0 Å². The third-order valence-corrected chi connectivity index (χ3v) is 4.45. The number of hydrogen-bond acceptors (Lipinski definition) is 7. The molecular weight excluding hydrogens is 308 g/mol. The van der Waals surface area contributed by atoms with E-state index in [2.05, 4.69) is 27.0 Å². The number of β-amino-alcohol motifs (C(OH)–C–C–N with tert-alkyl or cyclic N) is 1. The standard InChI is InChI=1S/C17H26N4O3/c1-13(22)9-21-6-3-14(4-7-21)10-20(2)11-16-18-17(19-24-16)15-5-8-23-12-15/h5,8,12-14,22H,3-4,6-7,9-11H2,1-2H3. The number of rotatable bonds is 7. The van der Waals surface area contributed by atoms with Crippen molar-refractivity contribution in [2.75, 3.05) is 33.2 Å². The minimum atomic E-state index is -0.244. The fraction of sp³-hybridized carbons (Fsp3) is 0.647. The number of aliphatic hydroxyl groups excluding tert-OH is 1. The van der Waals surface area contributed by atoms with Crippen LogP contribution in [0.15, 0.2) is 27.5 Å². The van der Waals surface area contributed by atoms with E-state index in [-0.39, 0.29) is 6.10 Å². The molecule has 1 aliphatic rings. The average Bonchev–Trinajstić information content (AvgIpc) is 3.19. The summed E-state index contributed by atoms with van der Waals surface area (Å²) in [6.07, 6.45) is 5.30. The van der Waals surface area contributed by atoms with Gasteiger partial charge in [-0.2, -0.15) is 4.98 Å². The fourth-order valence-corrected chi connectivity index (χ4v) is 3.29. The number of nitrogens with zero attached hydrogens (tertiary/aromatic N) is 4. The van der Waals surface area contributed by atoms with E-state index in [0.717, 1.165) is 31.7 Å². The smallest absolute Gasteiger partial charge is 0.241 e. The molecule has 0 amide bonds. The summed E-state index contributed by atoms with van der Waals surface area (Å²) in [6, 6.07) is 1.82. The topological polar surface area (TPSA) is 78.8 Å². The van der Waals surface area contributed by atoms with Crippen LogP contribution in [0.4, 0.5) is 0 Å². The molecule has 1 unspecified atom stereocenters. The molecule has 0 bridgehead atoms. The lowest BCUT2D eigenvalue weighted by Crippen LogP contribution is -2.40. The first-order valence-corrected chi connectivity index (χ1v) is 8.54. The molecule has 0 radical (unpaired) electrons. The van der Waals surface area contributed by atoms with Crippen LogP contribution in [0.25, 0.3) is 11.4 Å². The molecule has 0 spiro atoms. The van der Waals surface area contributed by atoms with Gasteiger partial charge in [-0.3, -0.25) is 4.90 Å². The van der Waals surface area contributed by atoms with E-state index in [1.165, 1.54) is 12.8 Å². The summed E-state index contributed by atoms with van der Waals surface area (Å²) in [4.78, 5) is 9.00. The molecule has 1 atom stereocenters. The molecule has 0 saturated carbocycles. The molecule has 1 fully saturated rings. The Morgan fingerprint density at radius 1 is 1.42 bits per heavy atom. The van der Waals surface area contributed by atoms with Crippen molar-refractivity contribution in [2.24, 2.45) is 5.92 Å². The summed E-state index contributed by atoms with van der Waals surface area (Å²) < 4.78 is 10.4. The van der Waals surface area contributed by atoms with Crippen LogP contribution in [0.1, 0.15) is 25.7 Å². The van der Waals surface area contributed by atoms with Crippen molar-refractivity contribution in [1.82, 2.24) is 19.9 Å². The molecule has 7 nitrogen and oxygen atoms in total. The van der Waals surface area contributed by atoms with Crippen molar-refractivity contribution in [1.29, 1.82) is 0 Å². The maximum Gasteiger partial charge on any atom is 0.241 e. The van der Waals surface area contributed by atoms with Gasteiger partial charge in [-0.25, -0.2) is 0 Å². The Balaban J connectivity index is 1.44. The van der Waals surface area contributed by atoms with Crippen molar-refractivity contribution in [2.45, 2.75) is 32.4 Å². The molecule has 24 heavy (non-hydrogen) atoms. The van der Waals surface area contributed by atoms with Gasteiger partial charge >= 0.3 is 0 Å². The second-order valence-electron chi connectivity index (χ2n) is 6.81. The average molecular weight is 334 g/mol. The monoisotopic (exact) mass is 334 g/mol. The van der Waals surface area contributed by atoms with Crippen molar-refractivity contribution >= 4 is 0 Å². The van der Waals surface area contributed by atoms with Crippen LogP contribution in [0, 0.1) is 5.92 Å². The lowest BCUT2D eigenvalue weighted by molar-refractivity contribution is 0.0908. The number of aliphatic hydroxyl groups is 1. The molecule has 2 aromatic rings. The number of aromatic nitrogens is 2. The maximum atomic E-state index is 9.47. The van der Waals surface area contributed by atoms with Crippen LogP contribution >= 0.6 is 0 Å². The first-order chi connectivity index (χ1) is 11.6. The van der Waals surface area contributed by atoms with Gasteiger partial charge in [0.05, 0.1) is 24.5 Å². The van der Waals surface area contributed by atoms with E-state index in [1.54, 1.807) is 12.5 Å². The summed E-state index contributed by atoms with van der Waals surface area (Å²) in [7, 11) is 2.09. The van der Waals surface area contributed by atoms with E-state index in [9.17, 15) is 5.11 Å². The van der Waals surface area contributed by atoms with Crippen LogP contribution in [0.5, 0.6) is 0 Å². The van der Waals surface area contributed by atoms with Crippen LogP contribution in [-0.2, 0) is 6.54 Å². The van der Waals surface area contributed by atoms with Gasteiger partial charge in [-0.15, -0.1) is 0 Å². The number of hydrogen-bond donors (Lipinski definition) is 1. The highest BCUT2D eigenvalue weighted by Crippen LogP contribution is 2.20. The summed E-state index contributed by atoms with van der Waals surface area (Å²) in [5.74, 6) is 1.87. The summed E-state index contributed by atoms with van der Waals surface area (Å²) in [6.45, 7) is 6.43. The van der Waals surface area contributed by atoms with E-state index in [1.807, 2.05) is 13.0 Å². The van der Waals surface area contributed by atoms with E-state index < -0.39 is 0 Å². The number of piperidine rings is 1. The minimum Gasteiger partial charge on any atom is -0.472 e. The second-order valence-corrected chi connectivity index (χ2v) is 6.81. The van der Waals surface area contributed by atoms with Crippen molar-refractivity contribution in [3.8, 4) is 11.4 Å². The lowest BCUT2D eigenvalue weighted by atomic mass is 9.96. The van der Waals surface area contributed by atoms with Gasteiger partial charge in [0.2, 0.25) is 11.7 Å². The predicted octanol–water partition coefficient (Wildman–Crippen LogP) is 1.85. The van der Waals surface area contributed by atoms with Gasteiger partial charge in [-0.05, 0) is 51.9 Å². The molecule has 0 aliphatic carbocycles. The third-order valence-electron chi connectivity index (χ3n) is 4.45. The Labute approximate surface area is 142 Å². The third kappa shape index (κ3) is 4.66. The summed E-state index contributed by atoms with van der Waals surface area (Å²) >= 11 is 0. The van der Waals surface area contributed by atoms with Crippen molar-refractivity contribution in [3.63, 3.8) is 0 Å². The quantitative estimate of drug-likeness (QED) is 0.828. The summed E-state index contributed by atoms with van der Waals surface area (Å²) in [5, 5.41) is 13.5. The molecular formula is C17H26N4O3. The predicted molar refractivity (Wildman–Crippen MR) is 89.2 cm³/mol. The molecule has 3 rings (SSSR count). The lowest BCUT2D eigenvalue weighted by Gasteiger charge is -2.34. The zero-order valence-electron chi connectivity index (χ0n) is 14.4. The Morgan fingerprint density at radius 3 is 2.88 bits per heavy atom. The normalized spacial score (nSPS) is 18.3. The summed E-state index contributed by atoms with van der Waals surface area (Å²) in [5.41, 5.74) is 0.832. The van der Waals surface area contributed by atoms with Crippen molar-refractivity contribution in [3.05, 3.63) is 24.5 Å². The Kier molecular flexibility index (Phi) is 5.65. The highest BCUT2D eigenvalue weighted by Gasteiger charge is 2.22. The number of furan rings is 1. The Hall–Kier alpha value is -1.70. The van der Waals surface area contributed by atoms with Gasteiger partial charge in [-0.1, -0.05) is 5.16 Å². The van der Waals surface area contributed by atoms with E-state index >= 15 is 0 Å². The van der Waals surface area contributed by atoms with Gasteiger partial charge in [0, 0.05) is 13.1 Å². The molecule has 1 N–H and O–H groups in total. The first-order valence-electron chi connectivity index (χ1n) is 8.54. The van der Waals surface area contributed by atoms with Crippen LogP contribution in [-0.4, -0.2) is 64.4 Å². The molecule has 7 heteroatoms. The zero-order valence-corrected chi connectivity index (χ0v) is 14.4. The Bertz CT molecular complexity index is 603. The highest BCUT2D eigenvalue weighted by molar-refractivity contribution is 5.51. The highest BCUT2D eigenvalue weighted by atomic mass is 16.5. The second kappa shape index (κ2) is 7.92. The zero-order chi connectivity index (χ0) is 16.9. The van der Waals surface area contributed by atoms with Gasteiger partial charge in [0.25, 0.3) is 0 Å². The van der Waals surface area contributed by atoms with Gasteiger partial charge in [0.15, 0.2) is 0 Å². The molecule has 132 valence electrons. The largest absolute Gasteiger partial charge is 0.472 e. The maximum absolute atomic E-state index is 9.47. The van der Waals surface area contributed by atoms with Gasteiger partial charge < -0.3 is 18.9 Å². The molecule has 3 heterocycles. The molecule has 2 aromatic heterocycles. The first kappa shape index (κ1) is 17.1.